The summed E-state index contributed by atoms with van der Waals surface area (Å²) in [6.07, 6.45) is 1.26. The molecule has 126 valence electrons. The molecule has 0 spiro atoms. The van der Waals surface area contributed by atoms with Gasteiger partial charge in [0.15, 0.2) is 18.1 Å². The van der Waals surface area contributed by atoms with Crippen molar-refractivity contribution in [3.05, 3.63) is 60.0 Å². The van der Waals surface area contributed by atoms with Gasteiger partial charge in [0, 0.05) is 12.2 Å². The Morgan fingerprint density at radius 3 is 2.96 bits per heavy atom. The number of anilines is 1. The van der Waals surface area contributed by atoms with E-state index in [9.17, 15) is 9.59 Å². The van der Waals surface area contributed by atoms with Crippen molar-refractivity contribution in [2.45, 2.75) is 19.4 Å². The first-order chi connectivity index (χ1) is 12.1. The Bertz CT molecular complexity index is 963. The molecule has 0 bridgehead atoms. The molecule has 0 saturated carbocycles. The molecule has 0 saturated heterocycles. The maximum Gasteiger partial charge on any atom is 0.338 e. The summed E-state index contributed by atoms with van der Waals surface area (Å²) in [5.74, 6) is -0.779. The summed E-state index contributed by atoms with van der Waals surface area (Å²) in [6.45, 7) is 2.20. The Morgan fingerprint density at radius 1 is 1.24 bits per heavy atom. The van der Waals surface area contributed by atoms with Crippen LogP contribution in [0.1, 0.15) is 22.8 Å². The second kappa shape index (κ2) is 6.05. The minimum atomic E-state index is -0.869. The van der Waals surface area contributed by atoms with Crippen molar-refractivity contribution in [3.63, 3.8) is 0 Å². The summed E-state index contributed by atoms with van der Waals surface area (Å²) in [5.41, 5.74) is 3.52. The number of carbonyl (C=O) groups excluding carboxylic acids is 2. The Hall–Kier alpha value is -3.15. The van der Waals surface area contributed by atoms with E-state index in [0.717, 1.165) is 17.7 Å². The van der Waals surface area contributed by atoms with Crippen molar-refractivity contribution in [1.29, 1.82) is 0 Å². The molecule has 0 aliphatic carbocycles. The molecule has 6 nitrogen and oxygen atoms in total. The summed E-state index contributed by atoms with van der Waals surface area (Å²) in [6, 6.07) is 12.6. The van der Waals surface area contributed by atoms with Crippen LogP contribution in [-0.4, -0.2) is 29.5 Å². The van der Waals surface area contributed by atoms with Gasteiger partial charge < -0.3 is 14.1 Å². The standard InChI is InChI=1S/C19H16N2O4/c1-12(18(22)21-9-8-13-4-2-3-5-16(13)21)25-19(23)14-6-7-17-15(10-14)20-11-24-17/h2-7,10-12H,8-9H2,1H3. The number of ether oxygens (including phenoxy) is 1. The molecule has 1 atom stereocenters. The molecule has 1 aromatic heterocycles. The summed E-state index contributed by atoms with van der Waals surface area (Å²) in [4.78, 5) is 30.7. The molecular formula is C19H16N2O4. The highest BCUT2D eigenvalue weighted by Gasteiger charge is 2.30. The number of benzene rings is 2. The third kappa shape index (κ3) is 2.76. The highest BCUT2D eigenvalue weighted by molar-refractivity contribution is 6.00. The van der Waals surface area contributed by atoms with Crippen molar-refractivity contribution in [2.75, 3.05) is 11.4 Å². The third-order valence-corrected chi connectivity index (χ3v) is 4.35. The van der Waals surface area contributed by atoms with Crippen LogP contribution >= 0.6 is 0 Å². The third-order valence-electron chi connectivity index (χ3n) is 4.35. The molecular weight excluding hydrogens is 320 g/mol. The summed E-state index contributed by atoms with van der Waals surface area (Å²) < 4.78 is 10.5. The summed E-state index contributed by atoms with van der Waals surface area (Å²) in [5, 5.41) is 0. The first-order valence-electron chi connectivity index (χ1n) is 8.07. The molecule has 2 heterocycles. The van der Waals surface area contributed by atoms with E-state index in [4.69, 9.17) is 9.15 Å². The van der Waals surface area contributed by atoms with E-state index in [0.29, 0.717) is 23.2 Å². The topological polar surface area (TPSA) is 72.6 Å². The average Bonchev–Trinajstić information content (AvgIpc) is 3.26. The number of fused-ring (bicyclic) bond motifs is 2. The van der Waals surface area contributed by atoms with Gasteiger partial charge in [-0.15, -0.1) is 0 Å². The molecule has 1 aliphatic heterocycles. The van der Waals surface area contributed by atoms with Crippen LogP contribution in [0.3, 0.4) is 0 Å². The smallest absolute Gasteiger partial charge is 0.338 e. The summed E-state index contributed by atoms with van der Waals surface area (Å²) >= 11 is 0. The van der Waals surface area contributed by atoms with Crippen LogP contribution in [0, 0.1) is 0 Å². The lowest BCUT2D eigenvalue weighted by Crippen LogP contribution is -2.39. The first-order valence-corrected chi connectivity index (χ1v) is 8.07. The summed E-state index contributed by atoms with van der Waals surface area (Å²) in [7, 11) is 0. The van der Waals surface area contributed by atoms with Gasteiger partial charge in [-0.25, -0.2) is 9.78 Å². The molecule has 0 fully saturated rings. The van der Waals surface area contributed by atoms with Crippen LogP contribution in [-0.2, 0) is 16.0 Å². The second-order valence-corrected chi connectivity index (χ2v) is 5.95. The van der Waals surface area contributed by atoms with Crippen LogP contribution in [0.15, 0.2) is 53.3 Å². The molecule has 1 amide bonds. The highest BCUT2D eigenvalue weighted by atomic mass is 16.5. The van der Waals surface area contributed by atoms with E-state index >= 15 is 0 Å². The molecule has 4 rings (SSSR count). The molecule has 0 N–H and O–H groups in total. The Morgan fingerprint density at radius 2 is 2.08 bits per heavy atom. The molecule has 1 unspecified atom stereocenters. The molecule has 1 aliphatic rings. The predicted molar refractivity (Wildman–Crippen MR) is 91.4 cm³/mol. The number of oxazole rings is 1. The van der Waals surface area contributed by atoms with E-state index in [-0.39, 0.29) is 5.91 Å². The maximum absolute atomic E-state index is 12.7. The van der Waals surface area contributed by atoms with Crippen molar-refractivity contribution in [1.82, 2.24) is 4.98 Å². The largest absolute Gasteiger partial charge is 0.449 e. The van der Waals surface area contributed by atoms with Crippen molar-refractivity contribution in [3.8, 4) is 0 Å². The average molecular weight is 336 g/mol. The first kappa shape index (κ1) is 15.4. The van der Waals surface area contributed by atoms with Gasteiger partial charge in [-0.1, -0.05) is 18.2 Å². The van der Waals surface area contributed by atoms with Crippen LogP contribution < -0.4 is 4.90 Å². The van der Waals surface area contributed by atoms with Gasteiger partial charge in [-0.3, -0.25) is 4.79 Å². The predicted octanol–water partition coefficient (Wildman–Crippen LogP) is 2.96. The zero-order chi connectivity index (χ0) is 17.4. The number of hydrogen-bond acceptors (Lipinski definition) is 5. The number of nitrogens with zero attached hydrogens (tertiary/aromatic N) is 2. The quantitative estimate of drug-likeness (QED) is 0.688. The van der Waals surface area contributed by atoms with Crippen LogP contribution in [0.2, 0.25) is 0 Å². The van der Waals surface area contributed by atoms with Crippen LogP contribution in [0.25, 0.3) is 11.1 Å². The van der Waals surface area contributed by atoms with E-state index in [1.807, 2.05) is 24.3 Å². The number of hydrogen-bond donors (Lipinski definition) is 0. The van der Waals surface area contributed by atoms with Gasteiger partial charge in [-0.05, 0) is 43.2 Å². The minimum Gasteiger partial charge on any atom is -0.449 e. The fourth-order valence-corrected chi connectivity index (χ4v) is 3.05. The van der Waals surface area contributed by atoms with Gasteiger partial charge in [0.25, 0.3) is 5.91 Å². The SMILES string of the molecule is CC(OC(=O)c1ccc2ocnc2c1)C(=O)N1CCc2ccccc21. The number of aromatic nitrogens is 1. The van der Waals surface area contributed by atoms with Gasteiger partial charge in [0.2, 0.25) is 0 Å². The number of para-hydroxylation sites is 1. The number of esters is 1. The lowest BCUT2D eigenvalue weighted by molar-refractivity contribution is -0.126. The van der Waals surface area contributed by atoms with E-state index in [1.54, 1.807) is 30.0 Å². The van der Waals surface area contributed by atoms with Gasteiger partial charge in [0.05, 0.1) is 5.56 Å². The number of rotatable bonds is 3. The lowest BCUT2D eigenvalue weighted by Gasteiger charge is -2.21. The Balaban J connectivity index is 1.48. The number of carbonyl (C=O) groups is 2. The van der Waals surface area contributed by atoms with Gasteiger partial charge in [-0.2, -0.15) is 0 Å². The van der Waals surface area contributed by atoms with Crippen LogP contribution in [0.5, 0.6) is 0 Å². The van der Waals surface area contributed by atoms with Gasteiger partial charge in [0.1, 0.15) is 5.52 Å². The lowest BCUT2D eigenvalue weighted by atomic mass is 10.2. The van der Waals surface area contributed by atoms with Crippen molar-refractivity contribution in [2.24, 2.45) is 0 Å². The van der Waals surface area contributed by atoms with E-state index in [1.165, 1.54) is 6.39 Å². The number of amides is 1. The van der Waals surface area contributed by atoms with Crippen molar-refractivity contribution < 1.29 is 18.7 Å². The van der Waals surface area contributed by atoms with E-state index < -0.39 is 12.1 Å². The normalized spacial score (nSPS) is 14.4. The van der Waals surface area contributed by atoms with Crippen molar-refractivity contribution >= 4 is 28.7 Å². The van der Waals surface area contributed by atoms with E-state index in [2.05, 4.69) is 4.98 Å². The molecule has 3 aromatic rings. The highest BCUT2D eigenvalue weighted by Crippen LogP contribution is 2.28. The molecule has 0 radical (unpaired) electrons. The Labute approximate surface area is 144 Å². The molecule has 25 heavy (non-hydrogen) atoms. The molecule has 6 heteroatoms. The zero-order valence-corrected chi connectivity index (χ0v) is 13.6. The zero-order valence-electron chi connectivity index (χ0n) is 13.6. The minimum absolute atomic E-state index is 0.221. The Kier molecular flexibility index (Phi) is 3.72. The van der Waals surface area contributed by atoms with Crippen LogP contribution in [0.4, 0.5) is 5.69 Å². The maximum atomic E-state index is 12.7. The fourth-order valence-electron chi connectivity index (χ4n) is 3.05. The fraction of sp³-hybridized carbons (Fsp3) is 0.211. The van der Waals surface area contributed by atoms with Gasteiger partial charge >= 0.3 is 5.97 Å². The monoisotopic (exact) mass is 336 g/mol. The second-order valence-electron chi connectivity index (χ2n) is 5.95. The molecule has 2 aromatic carbocycles.